The molecule has 158 valence electrons. The quantitative estimate of drug-likeness (QED) is 0.366. The van der Waals surface area contributed by atoms with Gasteiger partial charge in [0.1, 0.15) is 0 Å². The SMILES string of the molecule is CCNC(=NCc1ccc(C(C)(C)C)cc1)N1CCC(CC(=O)NC)CC1.I. The summed E-state index contributed by atoms with van der Waals surface area (Å²) in [5, 5.41) is 6.15. The first-order chi connectivity index (χ1) is 12.8. The summed E-state index contributed by atoms with van der Waals surface area (Å²) in [6.07, 6.45) is 2.72. The normalized spacial score (nSPS) is 15.8. The molecule has 2 N–H and O–H groups in total. The molecular weight excluding hydrogens is 463 g/mol. The van der Waals surface area contributed by atoms with Gasteiger partial charge in [0.15, 0.2) is 5.96 Å². The number of guanidine groups is 1. The molecule has 1 fully saturated rings. The Bertz CT molecular complexity index is 629. The van der Waals surface area contributed by atoms with Crippen LogP contribution in [0.15, 0.2) is 29.3 Å². The minimum atomic E-state index is 0. The van der Waals surface area contributed by atoms with E-state index in [1.807, 2.05) is 0 Å². The highest BCUT2D eigenvalue weighted by molar-refractivity contribution is 14.0. The number of halogens is 1. The van der Waals surface area contributed by atoms with Crippen LogP contribution in [0.25, 0.3) is 0 Å². The standard InChI is InChI=1S/C22H36N4O.HI/c1-6-24-21(26-13-11-17(12-14-26)15-20(27)23-5)25-16-18-7-9-19(10-8-18)22(2,3)4;/h7-10,17H,6,11-16H2,1-5H3,(H,23,27)(H,24,25);1H. The minimum absolute atomic E-state index is 0. The Morgan fingerprint density at radius 2 is 1.79 bits per heavy atom. The van der Waals surface area contributed by atoms with E-state index in [-0.39, 0.29) is 35.3 Å². The number of carbonyl (C=O) groups excluding carboxylic acids is 1. The summed E-state index contributed by atoms with van der Waals surface area (Å²) >= 11 is 0. The average molecular weight is 500 g/mol. The van der Waals surface area contributed by atoms with Gasteiger partial charge in [0.05, 0.1) is 6.54 Å². The molecule has 0 saturated carbocycles. The van der Waals surface area contributed by atoms with Crippen molar-refractivity contribution in [2.75, 3.05) is 26.7 Å². The number of carbonyl (C=O) groups is 1. The fraction of sp³-hybridized carbons (Fsp3) is 0.636. The molecule has 0 bridgehead atoms. The molecule has 1 aromatic carbocycles. The van der Waals surface area contributed by atoms with Crippen molar-refractivity contribution < 1.29 is 4.79 Å². The van der Waals surface area contributed by atoms with Crippen LogP contribution in [0.1, 0.15) is 58.1 Å². The largest absolute Gasteiger partial charge is 0.359 e. The summed E-state index contributed by atoms with van der Waals surface area (Å²) in [6.45, 7) is 12.3. The number of nitrogens with one attached hydrogen (secondary N) is 2. The summed E-state index contributed by atoms with van der Waals surface area (Å²) in [5.41, 5.74) is 2.75. The van der Waals surface area contributed by atoms with Crippen LogP contribution in [0.3, 0.4) is 0 Å². The van der Waals surface area contributed by atoms with Crippen molar-refractivity contribution in [1.82, 2.24) is 15.5 Å². The highest BCUT2D eigenvalue weighted by Crippen LogP contribution is 2.23. The highest BCUT2D eigenvalue weighted by Gasteiger charge is 2.23. The Morgan fingerprint density at radius 1 is 1.18 bits per heavy atom. The lowest BCUT2D eigenvalue weighted by Gasteiger charge is -2.34. The van der Waals surface area contributed by atoms with Gasteiger partial charge in [-0.2, -0.15) is 0 Å². The van der Waals surface area contributed by atoms with Gasteiger partial charge in [-0.1, -0.05) is 45.0 Å². The van der Waals surface area contributed by atoms with E-state index < -0.39 is 0 Å². The minimum Gasteiger partial charge on any atom is -0.359 e. The van der Waals surface area contributed by atoms with E-state index in [0.29, 0.717) is 18.9 Å². The van der Waals surface area contributed by atoms with Gasteiger partial charge >= 0.3 is 0 Å². The molecular formula is C22H37IN4O. The molecule has 28 heavy (non-hydrogen) atoms. The predicted molar refractivity (Wildman–Crippen MR) is 128 cm³/mol. The number of hydrogen-bond donors (Lipinski definition) is 2. The lowest BCUT2D eigenvalue weighted by Crippen LogP contribution is -2.46. The summed E-state index contributed by atoms with van der Waals surface area (Å²) in [6, 6.07) is 8.79. The first-order valence-electron chi connectivity index (χ1n) is 10.2. The number of nitrogens with zero attached hydrogens (tertiary/aromatic N) is 2. The maximum Gasteiger partial charge on any atom is 0.220 e. The van der Waals surface area contributed by atoms with E-state index in [1.165, 1.54) is 11.1 Å². The molecule has 0 aromatic heterocycles. The van der Waals surface area contributed by atoms with Gasteiger partial charge in [-0.15, -0.1) is 24.0 Å². The van der Waals surface area contributed by atoms with Crippen molar-refractivity contribution in [2.24, 2.45) is 10.9 Å². The molecule has 1 amide bonds. The number of benzene rings is 1. The highest BCUT2D eigenvalue weighted by atomic mass is 127. The molecule has 0 aliphatic carbocycles. The maximum absolute atomic E-state index is 11.6. The van der Waals surface area contributed by atoms with E-state index in [4.69, 9.17) is 4.99 Å². The smallest absolute Gasteiger partial charge is 0.220 e. The molecule has 2 rings (SSSR count). The van der Waals surface area contributed by atoms with Crippen LogP contribution in [0.5, 0.6) is 0 Å². The molecule has 1 aromatic rings. The van der Waals surface area contributed by atoms with Crippen molar-refractivity contribution in [1.29, 1.82) is 0 Å². The predicted octanol–water partition coefficient (Wildman–Crippen LogP) is 3.92. The zero-order valence-corrected chi connectivity index (χ0v) is 20.4. The fourth-order valence-corrected chi connectivity index (χ4v) is 3.42. The first-order valence-corrected chi connectivity index (χ1v) is 10.2. The molecule has 0 spiro atoms. The number of piperidine rings is 1. The summed E-state index contributed by atoms with van der Waals surface area (Å²) < 4.78 is 0. The third-order valence-electron chi connectivity index (χ3n) is 5.23. The fourth-order valence-electron chi connectivity index (χ4n) is 3.42. The first kappa shape index (κ1) is 24.7. The van der Waals surface area contributed by atoms with Gasteiger partial charge in [0.2, 0.25) is 5.91 Å². The molecule has 0 atom stereocenters. The number of likely N-dealkylation sites (tertiary alicyclic amines) is 1. The third kappa shape index (κ3) is 7.60. The molecule has 1 saturated heterocycles. The maximum atomic E-state index is 11.6. The van der Waals surface area contributed by atoms with Crippen molar-refractivity contribution >= 4 is 35.8 Å². The van der Waals surface area contributed by atoms with Crippen molar-refractivity contribution in [3.05, 3.63) is 35.4 Å². The van der Waals surface area contributed by atoms with Crippen LogP contribution < -0.4 is 10.6 Å². The Balaban J connectivity index is 0.00000392. The van der Waals surface area contributed by atoms with E-state index in [2.05, 4.69) is 67.5 Å². The second-order valence-electron chi connectivity index (χ2n) is 8.42. The lowest BCUT2D eigenvalue weighted by molar-refractivity contribution is -0.121. The number of rotatable bonds is 5. The molecule has 1 heterocycles. The monoisotopic (exact) mass is 500 g/mol. The van der Waals surface area contributed by atoms with Crippen LogP contribution in [0.2, 0.25) is 0 Å². The molecule has 5 nitrogen and oxygen atoms in total. The Labute approximate surface area is 187 Å². The van der Waals surface area contributed by atoms with Crippen molar-refractivity contribution in [3.63, 3.8) is 0 Å². The molecule has 1 aliphatic heterocycles. The van der Waals surface area contributed by atoms with Crippen LogP contribution in [-0.4, -0.2) is 43.4 Å². The summed E-state index contributed by atoms with van der Waals surface area (Å²) in [5.74, 6) is 1.61. The topological polar surface area (TPSA) is 56.7 Å². The zero-order valence-electron chi connectivity index (χ0n) is 18.0. The van der Waals surface area contributed by atoms with Gasteiger partial charge in [-0.3, -0.25) is 4.79 Å². The van der Waals surface area contributed by atoms with Crippen LogP contribution in [0, 0.1) is 5.92 Å². The molecule has 0 unspecified atom stereocenters. The van der Waals surface area contributed by atoms with E-state index in [0.717, 1.165) is 38.4 Å². The lowest BCUT2D eigenvalue weighted by atomic mass is 9.87. The van der Waals surface area contributed by atoms with Crippen molar-refractivity contribution in [3.8, 4) is 0 Å². The number of amides is 1. The summed E-state index contributed by atoms with van der Waals surface area (Å²) in [7, 11) is 1.71. The van der Waals surface area contributed by atoms with Crippen LogP contribution in [-0.2, 0) is 16.8 Å². The molecule has 6 heteroatoms. The Morgan fingerprint density at radius 3 is 2.29 bits per heavy atom. The zero-order chi connectivity index (χ0) is 19.9. The van der Waals surface area contributed by atoms with E-state index >= 15 is 0 Å². The summed E-state index contributed by atoms with van der Waals surface area (Å²) in [4.78, 5) is 18.8. The second-order valence-corrected chi connectivity index (χ2v) is 8.42. The Kier molecular flexibility index (Phi) is 10.3. The van der Waals surface area contributed by atoms with Gasteiger partial charge in [-0.05, 0) is 42.2 Å². The van der Waals surface area contributed by atoms with Gasteiger partial charge in [0.25, 0.3) is 0 Å². The number of hydrogen-bond acceptors (Lipinski definition) is 2. The molecule has 0 radical (unpaired) electrons. The average Bonchev–Trinajstić information content (AvgIpc) is 2.65. The van der Waals surface area contributed by atoms with Crippen molar-refractivity contribution in [2.45, 2.75) is 58.9 Å². The number of aliphatic imine (C=N–C) groups is 1. The Hall–Kier alpha value is -1.31. The third-order valence-corrected chi connectivity index (χ3v) is 5.23. The van der Waals surface area contributed by atoms with Gasteiger partial charge in [0, 0.05) is 33.1 Å². The van der Waals surface area contributed by atoms with E-state index in [9.17, 15) is 4.79 Å². The molecule has 1 aliphatic rings. The van der Waals surface area contributed by atoms with Gasteiger partial charge in [-0.25, -0.2) is 4.99 Å². The van der Waals surface area contributed by atoms with E-state index in [1.54, 1.807) is 7.05 Å². The van der Waals surface area contributed by atoms with Gasteiger partial charge < -0.3 is 15.5 Å². The second kappa shape index (κ2) is 11.6. The van der Waals surface area contributed by atoms with Crippen LogP contribution in [0.4, 0.5) is 0 Å². The van der Waals surface area contributed by atoms with Crippen LogP contribution >= 0.6 is 24.0 Å².